The molecule has 0 spiro atoms. The molecule has 0 fully saturated rings. The minimum Gasteiger partial charge on any atom is -0.370 e. The number of nitrogens with zero attached hydrogens (tertiary/aromatic N) is 1. The van der Waals surface area contributed by atoms with Gasteiger partial charge in [-0.3, -0.25) is 9.59 Å². The number of aryl methyl sites for hydroxylation is 1. The Morgan fingerprint density at radius 2 is 1.87 bits per heavy atom. The highest BCUT2D eigenvalue weighted by atomic mass is 16.2. The van der Waals surface area contributed by atoms with Gasteiger partial charge in [0.1, 0.15) is 0 Å². The van der Waals surface area contributed by atoms with Crippen LogP contribution in [0.3, 0.4) is 0 Å². The van der Waals surface area contributed by atoms with Gasteiger partial charge in [0, 0.05) is 30.7 Å². The molecule has 0 saturated carbocycles. The summed E-state index contributed by atoms with van der Waals surface area (Å²) in [6.07, 6.45) is 0. The number of hydrogen-bond acceptors (Lipinski definition) is 3. The zero-order valence-corrected chi connectivity index (χ0v) is 14.9. The van der Waals surface area contributed by atoms with Gasteiger partial charge in [0.15, 0.2) is 0 Å². The van der Waals surface area contributed by atoms with Crippen molar-refractivity contribution < 1.29 is 9.59 Å². The third-order valence-corrected chi connectivity index (χ3v) is 3.54. The van der Waals surface area contributed by atoms with Crippen molar-refractivity contribution in [3.05, 3.63) is 29.8 Å². The zero-order valence-electron chi connectivity index (χ0n) is 14.9. The molecular formula is C18H29N3O2. The molecule has 0 aliphatic heterocycles. The highest BCUT2D eigenvalue weighted by molar-refractivity contribution is 5.87. The number of nitrogens with one attached hydrogen (secondary N) is 2. The first-order valence-electron chi connectivity index (χ1n) is 8.10. The molecule has 0 saturated heterocycles. The lowest BCUT2D eigenvalue weighted by molar-refractivity contribution is -0.131. The van der Waals surface area contributed by atoms with Crippen LogP contribution in [0.4, 0.5) is 5.69 Å². The molecule has 1 aromatic carbocycles. The van der Waals surface area contributed by atoms with Crippen molar-refractivity contribution in [1.29, 1.82) is 0 Å². The molecule has 0 aromatic heterocycles. The van der Waals surface area contributed by atoms with Gasteiger partial charge < -0.3 is 15.5 Å². The summed E-state index contributed by atoms with van der Waals surface area (Å²) in [5, 5.41) is 5.49. The normalized spacial score (nSPS) is 11.0. The number of anilines is 1. The molecule has 5 heteroatoms. The van der Waals surface area contributed by atoms with E-state index in [4.69, 9.17) is 0 Å². The van der Waals surface area contributed by atoms with Gasteiger partial charge in [-0.15, -0.1) is 0 Å². The minimum atomic E-state index is -0.482. The molecule has 0 radical (unpaired) electrons. The molecule has 0 bridgehead atoms. The lowest BCUT2D eigenvalue weighted by Gasteiger charge is -2.23. The second-order valence-electron chi connectivity index (χ2n) is 6.70. The van der Waals surface area contributed by atoms with E-state index in [1.165, 1.54) is 5.56 Å². The van der Waals surface area contributed by atoms with Crippen LogP contribution in [0.25, 0.3) is 0 Å². The second-order valence-corrected chi connectivity index (χ2v) is 6.70. The maximum Gasteiger partial charge on any atom is 0.239 e. The van der Waals surface area contributed by atoms with Crippen molar-refractivity contribution in [2.24, 2.45) is 5.41 Å². The van der Waals surface area contributed by atoms with E-state index in [-0.39, 0.29) is 18.4 Å². The van der Waals surface area contributed by atoms with Gasteiger partial charge in [0.2, 0.25) is 11.8 Å². The molecule has 0 atom stereocenters. The maximum atomic E-state index is 11.8. The van der Waals surface area contributed by atoms with E-state index < -0.39 is 5.41 Å². The standard InChI is InChI=1S/C18H29N3O2/c1-6-21(15-9-7-8-14(2)12-15)11-10-19-16(22)13-20-17(23)18(3,4)5/h7-9,12H,6,10-11,13H2,1-5H3,(H,19,22)(H,20,23). The quantitative estimate of drug-likeness (QED) is 0.809. The van der Waals surface area contributed by atoms with E-state index in [2.05, 4.69) is 47.6 Å². The predicted molar refractivity (Wildman–Crippen MR) is 94.5 cm³/mol. The third-order valence-electron chi connectivity index (χ3n) is 3.54. The van der Waals surface area contributed by atoms with Crippen molar-refractivity contribution in [3.63, 3.8) is 0 Å². The molecule has 1 aromatic rings. The average molecular weight is 319 g/mol. The maximum absolute atomic E-state index is 11.8. The number of benzene rings is 1. The van der Waals surface area contributed by atoms with Gasteiger partial charge in [-0.05, 0) is 31.5 Å². The van der Waals surface area contributed by atoms with Crippen molar-refractivity contribution in [3.8, 4) is 0 Å². The zero-order chi connectivity index (χ0) is 17.5. The van der Waals surface area contributed by atoms with Crippen LogP contribution in [-0.2, 0) is 9.59 Å². The Bertz CT molecular complexity index is 535. The van der Waals surface area contributed by atoms with Crippen LogP contribution in [0.15, 0.2) is 24.3 Å². The Morgan fingerprint density at radius 1 is 1.17 bits per heavy atom. The van der Waals surface area contributed by atoms with E-state index in [0.717, 1.165) is 18.8 Å². The summed E-state index contributed by atoms with van der Waals surface area (Å²) in [5.74, 6) is -0.287. The van der Waals surface area contributed by atoms with Crippen molar-refractivity contribution in [2.45, 2.75) is 34.6 Å². The highest BCUT2D eigenvalue weighted by Crippen LogP contribution is 2.15. The van der Waals surface area contributed by atoms with E-state index in [0.29, 0.717) is 6.54 Å². The van der Waals surface area contributed by atoms with Gasteiger partial charge in [0.05, 0.1) is 6.54 Å². The first-order chi connectivity index (χ1) is 10.7. The molecule has 2 N–H and O–H groups in total. The van der Waals surface area contributed by atoms with Crippen molar-refractivity contribution >= 4 is 17.5 Å². The fourth-order valence-corrected chi connectivity index (χ4v) is 2.11. The molecule has 0 unspecified atom stereocenters. The molecule has 1 rings (SSSR count). The van der Waals surface area contributed by atoms with E-state index in [1.807, 2.05) is 26.8 Å². The van der Waals surface area contributed by atoms with Crippen LogP contribution in [0.2, 0.25) is 0 Å². The predicted octanol–water partition coefficient (Wildman–Crippen LogP) is 2.10. The number of likely N-dealkylation sites (N-methyl/N-ethyl adjacent to an activating group) is 1. The summed E-state index contributed by atoms with van der Waals surface area (Å²) < 4.78 is 0. The van der Waals surface area contributed by atoms with Gasteiger partial charge >= 0.3 is 0 Å². The van der Waals surface area contributed by atoms with Crippen molar-refractivity contribution in [2.75, 3.05) is 31.1 Å². The second kappa shape index (κ2) is 8.56. The smallest absolute Gasteiger partial charge is 0.239 e. The summed E-state index contributed by atoms with van der Waals surface area (Å²) >= 11 is 0. The molecule has 0 aliphatic carbocycles. The molecule has 2 amide bonds. The Morgan fingerprint density at radius 3 is 2.43 bits per heavy atom. The number of carbonyl (C=O) groups excluding carboxylic acids is 2. The summed E-state index contributed by atoms with van der Waals surface area (Å²) in [6.45, 7) is 11.8. The van der Waals surface area contributed by atoms with Crippen molar-refractivity contribution in [1.82, 2.24) is 10.6 Å². The minimum absolute atomic E-state index is 0.0205. The van der Waals surface area contributed by atoms with Gasteiger partial charge in [-0.25, -0.2) is 0 Å². The van der Waals surface area contributed by atoms with E-state index in [9.17, 15) is 9.59 Å². The molecular weight excluding hydrogens is 290 g/mol. The summed E-state index contributed by atoms with van der Waals surface area (Å²) in [5.41, 5.74) is 1.89. The summed E-state index contributed by atoms with van der Waals surface area (Å²) in [4.78, 5) is 25.7. The molecule has 0 heterocycles. The highest BCUT2D eigenvalue weighted by Gasteiger charge is 2.21. The number of amides is 2. The molecule has 5 nitrogen and oxygen atoms in total. The first kappa shape index (κ1) is 19.0. The molecule has 128 valence electrons. The van der Waals surface area contributed by atoms with Crippen LogP contribution in [-0.4, -0.2) is 38.0 Å². The molecule has 0 aliphatic rings. The van der Waals surface area contributed by atoms with Gasteiger partial charge in [-0.2, -0.15) is 0 Å². The fourth-order valence-electron chi connectivity index (χ4n) is 2.11. The van der Waals surface area contributed by atoms with Gasteiger partial charge in [-0.1, -0.05) is 32.9 Å². The number of rotatable bonds is 7. The fraction of sp³-hybridized carbons (Fsp3) is 0.556. The van der Waals surface area contributed by atoms with Gasteiger partial charge in [0.25, 0.3) is 0 Å². The lowest BCUT2D eigenvalue weighted by Crippen LogP contribution is -2.43. The van der Waals surface area contributed by atoms with Crippen LogP contribution in [0, 0.1) is 12.3 Å². The number of carbonyl (C=O) groups is 2. The number of hydrogen-bond donors (Lipinski definition) is 2. The van der Waals surface area contributed by atoms with Crippen LogP contribution in [0.1, 0.15) is 33.3 Å². The van der Waals surface area contributed by atoms with Crippen LogP contribution in [0.5, 0.6) is 0 Å². The van der Waals surface area contributed by atoms with Crippen LogP contribution < -0.4 is 15.5 Å². The Kier molecular flexibility index (Phi) is 7.07. The summed E-state index contributed by atoms with van der Waals surface area (Å²) in [7, 11) is 0. The largest absolute Gasteiger partial charge is 0.370 e. The van der Waals surface area contributed by atoms with E-state index in [1.54, 1.807) is 0 Å². The lowest BCUT2D eigenvalue weighted by atomic mass is 9.96. The Balaban J connectivity index is 2.37. The Labute approximate surface area is 139 Å². The topological polar surface area (TPSA) is 61.4 Å². The average Bonchev–Trinajstić information content (AvgIpc) is 2.48. The third kappa shape index (κ3) is 6.72. The SMILES string of the molecule is CCN(CCNC(=O)CNC(=O)C(C)(C)C)c1cccc(C)c1. The van der Waals surface area contributed by atoms with Crippen LogP contribution >= 0.6 is 0 Å². The monoisotopic (exact) mass is 319 g/mol. The van der Waals surface area contributed by atoms with E-state index >= 15 is 0 Å². The molecule has 23 heavy (non-hydrogen) atoms. The summed E-state index contributed by atoms with van der Waals surface area (Å²) in [6, 6.07) is 8.31. The Hall–Kier alpha value is -2.04. The first-order valence-corrected chi connectivity index (χ1v) is 8.10.